The number of hydrogen-bond acceptors (Lipinski definition) is 2. The zero-order valence-electron chi connectivity index (χ0n) is 10.8. The molecule has 3 heteroatoms. The fraction of sp³-hybridized carbons (Fsp3) is 0.769. The van der Waals surface area contributed by atoms with E-state index in [1.165, 1.54) is 0 Å². The summed E-state index contributed by atoms with van der Waals surface area (Å²) in [6.45, 7) is 10.0. The van der Waals surface area contributed by atoms with Crippen molar-refractivity contribution in [3.63, 3.8) is 0 Å². The molecule has 0 fully saturated rings. The molecule has 0 aromatic carbocycles. The van der Waals surface area contributed by atoms with E-state index in [2.05, 4.69) is 11.9 Å². The standard InChI is InChI=1S/C13H25NO2/c1-5-6-7-8-9-10-14-13(4,11(2)3)12(15)16/h5,11,14H,1,6-10H2,2-4H3,(H,15,16)/t13-/m0/s1. The highest BCUT2D eigenvalue weighted by molar-refractivity contribution is 5.78. The van der Waals surface area contributed by atoms with E-state index in [9.17, 15) is 4.79 Å². The minimum absolute atomic E-state index is 0.0816. The van der Waals surface area contributed by atoms with Gasteiger partial charge in [0.2, 0.25) is 0 Å². The van der Waals surface area contributed by atoms with Crippen molar-refractivity contribution in [2.24, 2.45) is 5.92 Å². The van der Waals surface area contributed by atoms with Gasteiger partial charge in [0.25, 0.3) is 0 Å². The lowest BCUT2D eigenvalue weighted by Crippen LogP contribution is -2.53. The number of carboxylic acids is 1. The van der Waals surface area contributed by atoms with Crippen molar-refractivity contribution in [2.75, 3.05) is 6.54 Å². The normalized spacial score (nSPS) is 14.8. The Morgan fingerprint density at radius 1 is 1.44 bits per heavy atom. The molecule has 1 atom stereocenters. The monoisotopic (exact) mass is 227 g/mol. The Morgan fingerprint density at radius 3 is 2.50 bits per heavy atom. The molecular formula is C13H25NO2. The summed E-state index contributed by atoms with van der Waals surface area (Å²) in [6, 6.07) is 0. The molecule has 3 nitrogen and oxygen atoms in total. The molecule has 0 aliphatic heterocycles. The number of unbranched alkanes of at least 4 members (excludes halogenated alkanes) is 3. The largest absolute Gasteiger partial charge is 0.480 e. The third-order valence-corrected chi connectivity index (χ3v) is 3.18. The highest BCUT2D eigenvalue weighted by Crippen LogP contribution is 2.16. The average molecular weight is 227 g/mol. The Morgan fingerprint density at radius 2 is 2.06 bits per heavy atom. The van der Waals surface area contributed by atoms with Crippen molar-refractivity contribution in [1.29, 1.82) is 0 Å². The van der Waals surface area contributed by atoms with E-state index in [-0.39, 0.29) is 5.92 Å². The molecule has 16 heavy (non-hydrogen) atoms. The van der Waals surface area contributed by atoms with Crippen molar-refractivity contribution in [2.45, 2.75) is 52.0 Å². The topological polar surface area (TPSA) is 49.3 Å². The number of aliphatic carboxylic acids is 1. The first-order valence-corrected chi connectivity index (χ1v) is 6.04. The molecule has 0 aliphatic rings. The Hall–Kier alpha value is -0.830. The smallest absolute Gasteiger partial charge is 0.323 e. The summed E-state index contributed by atoms with van der Waals surface area (Å²) < 4.78 is 0. The van der Waals surface area contributed by atoms with Crippen LogP contribution < -0.4 is 5.32 Å². The third kappa shape index (κ3) is 4.79. The van der Waals surface area contributed by atoms with Crippen LogP contribution in [0.15, 0.2) is 12.7 Å². The maximum absolute atomic E-state index is 11.2. The second kappa shape index (κ2) is 7.44. The van der Waals surface area contributed by atoms with Gasteiger partial charge in [-0.15, -0.1) is 6.58 Å². The molecule has 0 aromatic rings. The van der Waals surface area contributed by atoms with Crippen LogP contribution in [0.25, 0.3) is 0 Å². The van der Waals surface area contributed by atoms with Crippen LogP contribution >= 0.6 is 0 Å². The van der Waals surface area contributed by atoms with Crippen molar-refractivity contribution in [3.05, 3.63) is 12.7 Å². The quantitative estimate of drug-likeness (QED) is 0.470. The van der Waals surface area contributed by atoms with Gasteiger partial charge in [0.1, 0.15) is 5.54 Å². The van der Waals surface area contributed by atoms with Gasteiger partial charge >= 0.3 is 5.97 Å². The molecule has 0 rings (SSSR count). The summed E-state index contributed by atoms with van der Waals surface area (Å²) in [5, 5.41) is 12.3. The summed E-state index contributed by atoms with van der Waals surface area (Å²) >= 11 is 0. The van der Waals surface area contributed by atoms with Gasteiger partial charge < -0.3 is 10.4 Å². The molecule has 0 aliphatic carbocycles. The van der Waals surface area contributed by atoms with E-state index in [4.69, 9.17) is 5.11 Å². The molecule has 0 heterocycles. The van der Waals surface area contributed by atoms with Gasteiger partial charge in [-0.3, -0.25) is 4.79 Å². The molecule has 0 spiro atoms. The summed E-state index contributed by atoms with van der Waals surface area (Å²) in [5.74, 6) is -0.688. The lowest BCUT2D eigenvalue weighted by Gasteiger charge is -2.30. The first-order chi connectivity index (χ1) is 7.45. The van der Waals surface area contributed by atoms with Gasteiger partial charge in [0.15, 0.2) is 0 Å². The second-order valence-electron chi connectivity index (χ2n) is 4.73. The van der Waals surface area contributed by atoms with Gasteiger partial charge in [0, 0.05) is 0 Å². The van der Waals surface area contributed by atoms with Crippen molar-refractivity contribution in [1.82, 2.24) is 5.32 Å². The predicted molar refractivity (Wildman–Crippen MR) is 67.5 cm³/mol. The van der Waals surface area contributed by atoms with Crippen molar-refractivity contribution >= 4 is 5.97 Å². The number of nitrogens with one attached hydrogen (secondary N) is 1. The second-order valence-corrected chi connectivity index (χ2v) is 4.73. The molecule has 94 valence electrons. The van der Waals surface area contributed by atoms with Crippen LogP contribution in [-0.2, 0) is 4.79 Å². The van der Waals surface area contributed by atoms with Gasteiger partial charge in [-0.05, 0) is 38.6 Å². The van der Waals surface area contributed by atoms with Crippen LogP contribution in [0.2, 0.25) is 0 Å². The van der Waals surface area contributed by atoms with Crippen LogP contribution in [-0.4, -0.2) is 23.2 Å². The molecule has 0 saturated carbocycles. The Labute approximate surface area is 98.9 Å². The third-order valence-electron chi connectivity index (χ3n) is 3.18. The van der Waals surface area contributed by atoms with E-state index in [0.29, 0.717) is 0 Å². The van der Waals surface area contributed by atoms with Crippen LogP contribution in [0.3, 0.4) is 0 Å². The SMILES string of the molecule is C=CCCCCCN[C@](C)(C(=O)O)C(C)C. The van der Waals surface area contributed by atoms with Gasteiger partial charge in [-0.1, -0.05) is 26.3 Å². The van der Waals surface area contributed by atoms with E-state index < -0.39 is 11.5 Å². The number of allylic oxidation sites excluding steroid dienone is 1. The number of hydrogen-bond donors (Lipinski definition) is 2. The van der Waals surface area contributed by atoms with Gasteiger partial charge in [0.05, 0.1) is 0 Å². The molecule has 0 aromatic heterocycles. The number of carbonyl (C=O) groups is 1. The Kier molecular flexibility index (Phi) is 7.06. The van der Waals surface area contributed by atoms with Crippen molar-refractivity contribution < 1.29 is 9.90 Å². The fourth-order valence-electron chi connectivity index (χ4n) is 1.47. The van der Waals surface area contributed by atoms with E-state index >= 15 is 0 Å². The van der Waals surface area contributed by atoms with Crippen molar-refractivity contribution in [3.8, 4) is 0 Å². The molecule has 0 unspecified atom stereocenters. The Balaban J connectivity index is 3.87. The molecule has 0 bridgehead atoms. The average Bonchev–Trinajstić information content (AvgIpc) is 2.22. The highest BCUT2D eigenvalue weighted by atomic mass is 16.4. The Bertz CT molecular complexity index is 226. The summed E-state index contributed by atoms with van der Waals surface area (Å²) in [7, 11) is 0. The first kappa shape index (κ1) is 15.2. The lowest BCUT2D eigenvalue weighted by molar-refractivity contribution is -0.146. The minimum atomic E-state index is -0.807. The van der Waals surface area contributed by atoms with Crippen LogP contribution in [0.4, 0.5) is 0 Å². The summed E-state index contributed by atoms with van der Waals surface area (Å²) in [5.41, 5.74) is -0.807. The zero-order chi connectivity index (χ0) is 12.6. The van der Waals surface area contributed by atoms with Gasteiger partial charge in [-0.2, -0.15) is 0 Å². The van der Waals surface area contributed by atoms with Crippen LogP contribution in [0, 0.1) is 5.92 Å². The van der Waals surface area contributed by atoms with E-state index in [0.717, 1.165) is 32.2 Å². The van der Waals surface area contributed by atoms with E-state index in [1.807, 2.05) is 19.9 Å². The van der Waals surface area contributed by atoms with Crippen LogP contribution in [0.5, 0.6) is 0 Å². The highest BCUT2D eigenvalue weighted by Gasteiger charge is 2.35. The summed E-state index contributed by atoms with van der Waals surface area (Å²) in [6.07, 6.45) is 6.23. The summed E-state index contributed by atoms with van der Waals surface area (Å²) in [4.78, 5) is 11.2. The predicted octanol–water partition coefficient (Wildman–Crippen LogP) is 2.82. The maximum Gasteiger partial charge on any atom is 0.323 e. The lowest BCUT2D eigenvalue weighted by atomic mass is 9.88. The molecule has 2 N–H and O–H groups in total. The molecular weight excluding hydrogens is 202 g/mol. The van der Waals surface area contributed by atoms with E-state index in [1.54, 1.807) is 6.92 Å². The molecule has 0 amide bonds. The fourth-order valence-corrected chi connectivity index (χ4v) is 1.47. The minimum Gasteiger partial charge on any atom is -0.480 e. The zero-order valence-corrected chi connectivity index (χ0v) is 10.8. The number of rotatable bonds is 9. The number of carboxylic acid groups (broad SMARTS) is 1. The molecule has 0 saturated heterocycles. The molecule has 0 radical (unpaired) electrons. The van der Waals surface area contributed by atoms with Gasteiger partial charge in [-0.25, -0.2) is 0 Å². The first-order valence-electron chi connectivity index (χ1n) is 6.04. The van der Waals surface area contributed by atoms with Crippen LogP contribution in [0.1, 0.15) is 46.5 Å². The maximum atomic E-state index is 11.2.